The fourth-order valence-corrected chi connectivity index (χ4v) is 8.88. The zero-order valence-electron chi connectivity index (χ0n) is 34.7. The number of hydrogen-bond acceptors (Lipinski definition) is 8. The van der Waals surface area contributed by atoms with Crippen LogP contribution in [0.2, 0.25) is 10.0 Å². The lowest BCUT2D eigenvalue weighted by Crippen LogP contribution is -2.21. The Morgan fingerprint density at radius 1 is 0.879 bits per heavy atom. The van der Waals surface area contributed by atoms with Crippen molar-refractivity contribution in [2.24, 2.45) is 7.05 Å². The second-order valence-corrected chi connectivity index (χ2v) is 16.0. The first kappa shape index (κ1) is 42.9. The average molecular weight is 826 g/mol. The lowest BCUT2D eigenvalue weighted by atomic mass is 9.97. The molecule has 1 N–H and O–H groups in total. The van der Waals surface area contributed by atoms with Gasteiger partial charge in [-0.15, -0.1) is 0 Å². The number of carbonyl (C=O) groups excluding carboxylic acids is 2. The van der Waals surface area contributed by atoms with E-state index in [9.17, 15) is 9.59 Å². The summed E-state index contributed by atoms with van der Waals surface area (Å²) in [5.74, 6) is 1.61. The number of likely N-dealkylation sites (tertiary alicyclic amines) is 1. The Bertz CT molecular complexity index is 2400. The van der Waals surface area contributed by atoms with Gasteiger partial charge in [0.15, 0.2) is 6.29 Å². The van der Waals surface area contributed by atoms with Crippen LogP contribution < -0.4 is 9.64 Å². The summed E-state index contributed by atoms with van der Waals surface area (Å²) < 4.78 is 10.4. The van der Waals surface area contributed by atoms with E-state index in [2.05, 4.69) is 32.2 Å². The smallest absolute Gasteiger partial charge is 0.166 e. The standard InChI is InChI=1S/C45H50Cl2N6O3.CH4O/c1-28-21-33(22-29(2)44(28)47)56-20-9-11-34-35-13-14-37(46)43(42-30(3)48-41(49-31(42)4)25-52-17-7-8-18-52)45(35)53(40(34)27-55)19-10-16-50(5)39-24-51(6)38-15-12-32(26-54)23-36(38)39;1-2/h12-15,21-24,26-27H,7-11,16-20,25H2,1-6H3;2H,1H3. The number of aldehydes is 2. The summed E-state index contributed by atoms with van der Waals surface area (Å²) in [7, 11) is 5.09. The Morgan fingerprint density at radius 2 is 1.57 bits per heavy atom. The number of hydrogen-bond donors (Lipinski definition) is 1. The Morgan fingerprint density at radius 3 is 2.22 bits per heavy atom. The van der Waals surface area contributed by atoms with Gasteiger partial charge in [-0.05, 0) is 126 Å². The third-order valence-electron chi connectivity index (χ3n) is 11.2. The first-order valence-electron chi connectivity index (χ1n) is 19.9. The number of nitrogens with zero attached hydrogens (tertiary/aromatic N) is 6. The van der Waals surface area contributed by atoms with Crippen molar-refractivity contribution in [2.75, 3.05) is 45.3 Å². The summed E-state index contributed by atoms with van der Waals surface area (Å²) in [5, 5.41) is 10.4. The average Bonchev–Trinajstić information content (AvgIpc) is 3.92. The van der Waals surface area contributed by atoms with E-state index >= 15 is 0 Å². The van der Waals surface area contributed by atoms with Crippen LogP contribution in [0.1, 0.15) is 80.4 Å². The van der Waals surface area contributed by atoms with Gasteiger partial charge >= 0.3 is 0 Å². The summed E-state index contributed by atoms with van der Waals surface area (Å²) in [5.41, 5.74) is 10.8. The highest BCUT2D eigenvalue weighted by molar-refractivity contribution is 6.35. The molecule has 3 aromatic carbocycles. The quantitative estimate of drug-likeness (QED) is 0.0807. The highest BCUT2D eigenvalue weighted by atomic mass is 35.5. The fourth-order valence-electron chi connectivity index (χ4n) is 8.52. The van der Waals surface area contributed by atoms with Crippen molar-refractivity contribution in [1.82, 2.24) is 24.0 Å². The first-order chi connectivity index (χ1) is 28.0. The van der Waals surface area contributed by atoms with Gasteiger partial charge < -0.3 is 23.9 Å². The van der Waals surface area contributed by atoms with Gasteiger partial charge in [0.1, 0.15) is 17.9 Å². The molecule has 1 aliphatic rings. The number of halogens is 2. The van der Waals surface area contributed by atoms with Crippen LogP contribution in [0.25, 0.3) is 32.9 Å². The van der Waals surface area contributed by atoms with Crippen LogP contribution in [0, 0.1) is 27.7 Å². The lowest BCUT2D eigenvalue weighted by Gasteiger charge is -2.20. The molecule has 0 unspecified atom stereocenters. The van der Waals surface area contributed by atoms with Crippen LogP contribution in [-0.2, 0) is 26.6 Å². The van der Waals surface area contributed by atoms with Crippen LogP contribution in [0.15, 0.2) is 48.7 Å². The predicted octanol–water partition coefficient (Wildman–Crippen LogP) is 9.50. The number of ether oxygens (including phenoxy) is 1. The number of aryl methyl sites for hydroxylation is 7. The Balaban J connectivity index is 0.00000279. The molecule has 0 bridgehead atoms. The summed E-state index contributed by atoms with van der Waals surface area (Å²) in [4.78, 5) is 39.5. The predicted molar refractivity (Wildman–Crippen MR) is 236 cm³/mol. The molecule has 0 amide bonds. The van der Waals surface area contributed by atoms with Crippen LogP contribution in [0.4, 0.5) is 5.69 Å². The van der Waals surface area contributed by atoms with Crippen molar-refractivity contribution in [2.45, 2.75) is 72.9 Å². The molecule has 0 radical (unpaired) electrons. The fraction of sp³-hybridized carbons (Fsp3) is 0.391. The molecule has 4 heterocycles. The molecule has 1 fully saturated rings. The molecular formula is C46H54Cl2N6O4. The monoisotopic (exact) mass is 824 g/mol. The number of benzene rings is 3. The second kappa shape index (κ2) is 18.9. The van der Waals surface area contributed by atoms with E-state index in [0.29, 0.717) is 48.8 Å². The molecule has 1 saturated heterocycles. The molecule has 12 heteroatoms. The summed E-state index contributed by atoms with van der Waals surface area (Å²) in [6.07, 6.45) is 8.48. The van der Waals surface area contributed by atoms with Gasteiger partial charge in [0.25, 0.3) is 0 Å². The number of aromatic nitrogens is 4. The van der Waals surface area contributed by atoms with E-state index in [-0.39, 0.29) is 0 Å². The number of rotatable bonds is 15. The molecule has 7 rings (SSSR count). The minimum atomic E-state index is 0.484. The van der Waals surface area contributed by atoms with Gasteiger partial charge in [0, 0.05) is 89.9 Å². The topological polar surface area (TPSA) is 106 Å². The largest absolute Gasteiger partial charge is 0.494 e. The Hall–Kier alpha value is -4.74. The van der Waals surface area contributed by atoms with Crippen molar-refractivity contribution >= 4 is 63.3 Å². The molecule has 10 nitrogen and oxygen atoms in total. The Kier molecular flexibility index (Phi) is 14.0. The highest BCUT2D eigenvalue weighted by Crippen LogP contribution is 2.42. The minimum Gasteiger partial charge on any atom is -0.494 e. The van der Waals surface area contributed by atoms with Crippen LogP contribution in [0.3, 0.4) is 0 Å². The number of aliphatic hydroxyl groups is 1. The van der Waals surface area contributed by atoms with E-state index in [4.69, 9.17) is 43.0 Å². The molecular weight excluding hydrogens is 771 g/mol. The van der Waals surface area contributed by atoms with Gasteiger partial charge in [-0.25, -0.2) is 9.97 Å². The SMILES string of the molecule is CO.Cc1cc(OCCCc2c(C=O)n(CCCN(C)c3cn(C)c4ccc(C=O)cc34)c3c(-c4c(C)nc(CN5CCCC5)nc4C)c(Cl)ccc23)cc(C)c1Cl. The first-order valence-corrected chi connectivity index (χ1v) is 20.7. The molecule has 58 heavy (non-hydrogen) atoms. The second-order valence-electron chi connectivity index (χ2n) is 15.2. The lowest BCUT2D eigenvalue weighted by molar-refractivity contribution is 0.111. The van der Waals surface area contributed by atoms with E-state index in [1.54, 1.807) is 0 Å². The zero-order valence-corrected chi connectivity index (χ0v) is 36.2. The molecule has 6 aromatic rings. The van der Waals surface area contributed by atoms with E-state index in [1.807, 2.05) is 77.2 Å². The van der Waals surface area contributed by atoms with Crippen molar-refractivity contribution < 1.29 is 19.4 Å². The normalized spacial score (nSPS) is 12.9. The number of anilines is 1. The third-order valence-corrected chi connectivity index (χ3v) is 12.1. The summed E-state index contributed by atoms with van der Waals surface area (Å²) in [6.45, 7) is 12.7. The minimum absolute atomic E-state index is 0.484. The van der Waals surface area contributed by atoms with Crippen molar-refractivity contribution in [3.63, 3.8) is 0 Å². The zero-order chi connectivity index (χ0) is 41.7. The maximum atomic E-state index is 13.2. The number of carbonyl (C=O) groups is 2. The highest BCUT2D eigenvalue weighted by Gasteiger charge is 2.25. The molecule has 0 spiro atoms. The van der Waals surface area contributed by atoms with E-state index in [0.717, 1.165) is 129 Å². The van der Waals surface area contributed by atoms with Crippen molar-refractivity contribution in [3.8, 4) is 16.9 Å². The van der Waals surface area contributed by atoms with Gasteiger partial charge in [-0.1, -0.05) is 29.3 Å². The van der Waals surface area contributed by atoms with Crippen molar-refractivity contribution in [1.29, 1.82) is 0 Å². The van der Waals surface area contributed by atoms with Gasteiger partial charge in [-0.3, -0.25) is 14.5 Å². The van der Waals surface area contributed by atoms with Crippen LogP contribution in [-0.4, -0.2) is 82.1 Å². The molecule has 3 aromatic heterocycles. The summed E-state index contributed by atoms with van der Waals surface area (Å²) in [6, 6.07) is 13.7. The molecule has 0 saturated carbocycles. The van der Waals surface area contributed by atoms with Crippen molar-refractivity contribution in [3.05, 3.63) is 104 Å². The molecule has 0 atom stereocenters. The maximum Gasteiger partial charge on any atom is 0.166 e. The van der Waals surface area contributed by atoms with E-state index < -0.39 is 0 Å². The van der Waals surface area contributed by atoms with Gasteiger partial charge in [0.05, 0.1) is 35.1 Å². The van der Waals surface area contributed by atoms with Gasteiger partial charge in [-0.2, -0.15) is 0 Å². The Labute approximate surface area is 351 Å². The third kappa shape index (κ3) is 8.81. The van der Waals surface area contributed by atoms with Crippen LogP contribution >= 0.6 is 23.2 Å². The summed E-state index contributed by atoms with van der Waals surface area (Å²) >= 11 is 13.6. The van der Waals surface area contributed by atoms with Crippen LogP contribution in [0.5, 0.6) is 5.75 Å². The number of aliphatic hydroxyl groups excluding tert-OH is 1. The molecule has 0 aliphatic carbocycles. The van der Waals surface area contributed by atoms with Gasteiger partial charge in [0.2, 0.25) is 0 Å². The number of fused-ring (bicyclic) bond motifs is 2. The molecule has 1 aliphatic heterocycles. The maximum absolute atomic E-state index is 13.2. The van der Waals surface area contributed by atoms with E-state index in [1.165, 1.54) is 12.8 Å². The molecule has 306 valence electrons.